The topological polar surface area (TPSA) is 93.1 Å². The number of hydrogen-bond acceptors (Lipinski definition) is 5. The Bertz CT molecular complexity index is 391. The highest BCUT2D eigenvalue weighted by molar-refractivity contribution is 5.66. The third kappa shape index (κ3) is 3.50. The van der Waals surface area contributed by atoms with Gasteiger partial charge in [-0.15, -0.1) is 0 Å². The van der Waals surface area contributed by atoms with Crippen LogP contribution in [0.2, 0.25) is 0 Å². The zero-order valence-electron chi connectivity index (χ0n) is 11.2. The molecular formula is C14H20O6. The Labute approximate surface area is 117 Å². The first-order valence-electron chi connectivity index (χ1n) is 6.96. The molecule has 1 aliphatic carbocycles. The van der Waals surface area contributed by atoms with Gasteiger partial charge < -0.3 is 19.7 Å². The van der Waals surface area contributed by atoms with Crippen molar-refractivity contribution in [2.75, 3.05) is 6.61 Å². The molecule has 1 aliphatic heterocycles. The van der Waals surface area contributed by atoms with E-state index in [0.29, 0.717) is 25.7 Å². The first-order chi connectivity index (χ1) is 9.61. The van der Waals surface area contributed by atoms with E-state index in [4.69, 9.17) is 14.6 Å². The van der Waals surface area contributed by atoms with Crippen molar-refractivity contribution in [2.24, 2.45) is 11.8 Å². The molecule has 1 saturated carbocycles. The normalized spacial score (nSPS) is 32.1. The molecule has 6 nitrogen and oxygen atoms in total. The second-order valence-corrected chi connectivity index (χ2v) is 5.30. The van der Waals surface area contributed by atoms with Crippen molar-refractivity contribution < 1.29 is 29.3 Å². The minimum absolute atomic E-state index is 0.0185. The molecule has 0 amide bonds. The number of hydrogen-bond donors (Lipinski definition) is 2. The Kier molecular flexibility index (Phi) is 5.00. The highest BCUT2D eigenvalue weighted by Gasteiger charge is 2.50. The van der Waals surface area contributed by atoms with Gasteiger partial charge in [-0.3, -0.25) is 4.79 Å². The van der Waals surface area contributed by atoms with Crippen LogP contribution in [0.15, 0.2) is 12.2 Å². The molecule has 2 fully saturated rings. The summed E-state index contributed by atoms with van der Waals surface area (Å²) < 4.78 is 10.2. The number of unbranched alkanes of at least 4 members (excludes halogenated alkanes) is 1. The maximum Gasteiger partial charge on any atom is 0.508 e. The number of fused-ring (bicyclic) bond motifs is 2. The maximum absolute atomic E-state index is 11.2. The molecule has 0 aromatic heterocycles. The zero-order valence-corrected chi connectivity index (χ0v) is 11.2. The molecule has 112 valence electrons. The Hall–Kier alpha value is -1.56. The predicted molar refractivity (Wildman–Crippen MR) is 69.1 cm³/mol. The van der Waals surface area contributed by atoms with E-state index in [0.717, 1.165) is 0 Å². The molecule has 2 bridgehead atoms. The Morgan fingerprint density at radius 1 is 1.25 bits per heavy atom. The van der Waals surface area contributed by atoms with Gasteiger partial charge in [0.05, 0.1) is 0 Å². The molecule has 2 rings (SSSR count). The number of rotatable bonds is 7. The summed E-state index contributed by atoms with van der Waals surface area (Å²) in [5.74, 6) is -0.783. The van der Waals surface area contributed by atoms with Gasteiger partial charge in [0.2, 0.25) is 0 Å². The van der Waals surface area contributed by atoms with Crippen molar-refractivity contribution in [1.82, 2.24) is 0 Å². The number of ether oxygens (including phenoxy) is 2. The fourth-order valence-corrected chi connectivity index (χ4v) is 3.00. The van der Waals surface area contributed by atoms with Crippen LogP contribution in [0.3, 0.4) is 0 Å². The molecular weight excluding hydrogens is 264 g/mol. The van der Waals surface area contributed by atoms with E-state index in [1.54, 1.807) is 0 Å². The van der Waals surface area contributed by atoms with Gasteiger partial charge in [0.25, 0.3) is 0 Å². The molecule has 0 unspecified atom stereocenters. The van der Waals surface area contributed by atoms with Gasteiger partial charge >= 0.3 is 12.1 Å². The van der Waals surface area contributed by atoms with Gasteiger partial charge in [-0.05, 0) is 19.3 Å². The minimum atomic E-state index is -0.785. The van der Waals surface area contributed by atoms with Crippen LogP contribution in [0.4, 0.5) is 4.79 Å². The molecule has 1 saturated heterocycles. The number of allylic oxidation sites excluding steroid dienone is 2. The molecule has 0 radical (unpaired) electrons. The highest BCUT2D eigenvalue weighted by Crippen LogP contribution is 2.41. The SMILES string of the molecule is O=C(O)CCC/C=C\C[C@@H]1[C@@H](CO)[C@H]2C[C@@H]1OC(=O)O2. The van der Waals surface area contributed by atoms with E-state index in [9.17, 15) is 14.7 Å². The smallest absolute Gasteiger partial charge is 0.481 e. The van der Waals surface area contributed by atoms with Crippen molar-refractivity contribution >= 4 is 12.1 Å². The summed E-state index contributed by atoms with van der Waals surface area (Å²) in [7, 11) is 0. The van der Waals surface area contributed by atoms with Crippen molar-refractivity contribution in [1.29, 1.82) is 0 Å². The van der Waals surface area contributed by atoms with Gasteiger partial charge in [-0.1, -0.05) is 12.2 Å². The minimum Gasteiger partial charge on any atom is -0.481 e. The summed E-state index contributed by atoms with van der Waals surface area (Å²) in [5.41, 5.74) is 0. The molecule has 6 heteroatoms. The molecule has 0 aromatic carbocycles. The Balaban J connectivity index is 1.80. The number of aliphatic hydroxyl groups is 1. The third-order valence-corrected chi connectivity index (χ3v) is 4.01. The number of aliphatic carboxylic acids is 1. The van der Waals surface area contributed by atoms with Crippen molar-refractivity contribution in [3.8, 4) is 0 Å². The number of carbonyl (C=O) groups excluding carboxylic acids is 1. The van der Waals surface area contributed by atoms with Gasteiger partial charge in [0, 0.05) is 31.3 Å². The monoisotopic (exact) mass is 284 g/mol. The lowest BCUT2D eigenvalue weighted by Gasteiger charge is -2.20. The molecule has 0 aromatic rings. The van der Waals surface area contributed by atoms with Crippen LogP contribution >= 0.6 is 0 Å². The Morgan fingerprint density at radius 2 is 1.95 bits per heavy atom. The van der Waals surface area contributed by atoms with Crippen LogP contribution in [-0.2, 0) is 14.3 Å². The Morgan fingerprint density at radius 3 is 2.60 bits per heavy atom. The van der Waals surface area contributed by atoms with Gasteiger partial charge in [-0.2, -0.15) is 0 Å². The zero-order chi connectivity index (χ0) is 14.5. The molecule has 2 N–H and O–H groups in total. The number of carboxylic acids is 1. The first-order valence-corrected chi connectivity index (χ1v) is 6.96. The van der Waals surface area contributed by atoms with E-state index in [2.05, 4.69) is 0 Å². The van der Waals surface area contributed by atoms with E-state index >= 15 is 0 Å². The van der Waals surface area contributed by atoms with Crippen LogP contribution in [0.5, 0.6) is 0 Å². The van der Waals surface area contributed by atoms with E-state index in [1.165, 1.54) is 0 Å². The van der Waals surface area contributed by atoms with Crippen LogP contribution < -0.4 is 0 Å². The molecule has 1 heterocycles. The molecule has 0 spiro atoms. The van der Waals surface area contributed by atoms with Gasteiger partial charge in [0.15, 0.2) is 0 Å². The lowest BCUT2D eigenvalue weighted by atomic mass is 9.91. The molecule has 2 aliphatic rings. The van der Waals surface area contributed by atoms with Crippen molar-refractivity contribution in [2.45, 2.75) is 44.3 Å². The summed E-state index contributed by atoms with van der Waals surface area (Å²) in [5, 5.41) is 18.0. The van der Waals surface area contributed by atoms with Crippen LogP contribution in [-0.4, -0.2) is 41.2 Å². The van der Waals surface area contributed by atoms with E-state index in [-0.39, 0.29) is 37.1 Å². The molecule has 20 heavy (non-hydrogen) atoms. The number of aliphatic hydroxyl groups excluding tert-OH is 1. The fraction of sp³-hybridized carbons (Fsp3) is 0.714. The average molecular weight is 284 g/mol. The maximum atomic E-state index is 11.2. The molecule has 4 atom stereocenters. The average Bonchev–Trinajstić information content (AvgIpc) is 2.64. The lowest BCUT2D eigenvalue weighted by Crippen LogP contribution is -2.29. The van der Waals surface area contributed by atoms with Gasteiger partial charge in [-0.25, -0.2) is 4.79 Å². The van der Waals surface area contributed by atoms with Crippen LogP contribution in [0.25, 0.3) is 0 Å². The third-order valence-electron chi connectivity index (χ3n) is 4.01. The highest BCUT2D eigenvalue weighted by atomic mass is 16.7. The summed E-state index contributed by atoms with van der Waals surface area (Å²) in [4.78, 5) is 21.6. The fourth-order valence-electron chi connectivity index (χ4n) is 3.00. The second kappa shape index (κ2) is 6.74. The largest absolute Gasteiger partial charge is 0.508 e. The summed E-state index contributed by atoms with van der Waals surface area (Å²) >= 11 is 0. The van der Waals surface area contributed by atoms with Crippen LogP contribution in [0, 0.1) is 11.8 Å². The van der Waals surface area contributed by atoms with Crippen LogP contribution in [0.1, 0.15) is 32.1 Å². The summed E-state index contributed by atoms with van der Waals surface area (Å²) in [6.45, 7) is -0.0185. The van der Waals surface area contributed by atoms with E-state index in [1.807, 2.05) is 12.2 Å². The lowest BCUT2D eigenvalue weighted by molar-refractivity contribution is -0.137. The summed E-state index contributed by atoms with van der Waals surface area (Å²) in [6, 6.07) is 0. The number of carbonyl (C=O) groups is 2. The summed E-state index contributed by atoms with van der Waals surface area (Å²) in [6.07, 6.45) is 5.72. The number of carboxylic acid groups (broad SMARTS) is 1. The second-order valence-electron chi connectivity index (χ2n) is 5.30. The van der Waals surface area contributed by atoms with Crippen molar-refractivity contribution in [3.05, 3.63) is 12.2 Å². The quantitative estimate of drug-likeness (QED) is 0.420. The predicted octanol–water partition coefficient (Wildman–Crippen LogP) is 1.72. The van der Waals surface area contributed by atoms with Crippen molar-refractivity contribution in [3.63, 3.8) is 0 Å². The standard InChI is InChI=1S/C14H20O6/c15-8-10-9(5-3-1-2-4-6-13(16)17)11-7-12(10)20-14(18)19-11/h1,3,9-12,15H,2,4-8H2,(H,16,17)/b3-1-/t9-,10-,11+,12-/m1/s1. The first kappa shape index (κ1) is 14.8. The van der Waals surface area contributed by atoms with Gasteiger partial charge in [0.1, 0.15) is 12.2 Å². The van der Waals surface area contributed by atoms with E-state index < -0.39 is 12.1 Å².